The SMILES string of the molecule is CC1(F)CN(C(=O)Cn2c(=O)c(C(=O)NCc3ccc(Cl)cc3)cc3c4nc5n(c4cnc32)CCO5)C1. The molecule has 1 saturated heterocycles. The first kappa shape index (κ1) is 23.4. The molecule has 2 amide bonds. The molecule has 1 fully saturated rings. The number of hydrogen-bond donors (Lipinski definition) is 1. The molecule has 10 nitrogen and oxygen atoms in total. The molecule has 5 heterocycles. The molecule has 2 aliphatic heterocycles. The minimum Gasteiger partial charge on any atom is -0.463 e. The summed E-state index contributed by atoms with van der Waals surface area (Å²) in [6.45, 7) is 2.19. The lowest BCUT2D eigenvalue weighted by atomic mass is 9.99. The van der Waals surface area contributed by atoms with Crippen LogP contribution in [0.4, 0.5) is 4.39 Å². The third-order valence-corrected chi connectivity index (χ3v) is 6.89. The van der Waals surface area contributed by atoms with E-state index in [4.69, 9.17) is 16.3 Å². The lowest BCUT2D eigenvalue weighted by molar-refractivity contribution is -0.144. The molecular formula is C25H22ClFN6O4. The summed E-state index contributed by atoms with van der Waals surface area (Å²) in [6.07, 6.45) is 1.58. The molecule has 1 aromatic carbocycles. The first-order valence-electron chi connectivity index (χ1n) is 11.8. The van der Waals surface area contributed by atoms with E-state index >= 15 is 0 Å². The molecular weight excluding hydrogens is 503 g/mol. The van der Waals surface area contributed by atoms with E-state index in [-0.39, 0.29) is 37.4 Å². The molecule has 0 saturated carbocycles. The Kier molecular flexibility index (Phi) is 5.41. The number of imidazole rings is 1. The number of halogens is 2. The van der Waals surface area contributed by atoms with Gasteiger partial charge in [-0.1, -0.05) is 23.7 Å². The van der Waals surface area contributed by atoms with Crippen molar-refractivity contribution in [1.29, 1.82) is 0 Å². The highest BCUT2D eigenvalue weighted by Crippen LogP contribution is 2.30. The van der Waals surface area contributed by atoms with Crippen LogP contribution in [0.1, 0.15) is 22.8 Å². The number of benzene rings is 1. The standard InChI is InChI=1S/C25H22ClFN6O4/c1-25(27)12-31(13-25)19(34)11-33-21-16(20-18(10-28-21)32-6-7-37-24(32)30-20)8-17(23(33)36)22(35)29-9-14-2-4-15(26)5-3-14/h2-5,8,10H,6-7,9,11-13H2,1H3,(H,29,35). The minimum atomic E-state index is -1.45. The average Bonchev–Trinajstić information content (AvgIpc) is 3.45. The number of nitrogens with one attached hydrogen (secondary N) is 1. The molecule has 1 N–H and O–H groups in total. The van der Waals surface area contributed by atoms with Gasteiger partial charge in [0.1, 0.15) is 35.5 Å². The normalized spacial score (nSPS) is 15.9. The van der Waals surface area contributed by atoms with E-state index in [1.165, 1.54) is 17.9 Å². The number of nitrogens with zero attached hydrogens (tertiary/aromatic N) is 5. The van der Waals surface area contributed by atoms with Crippen molar-refractivity contribution < 1.29 is 18.7 Å². The van der Waals surface area contributed by atoms with Gasteiger partial charge < -0.3 is 15.0 Å². The topological polar surface area (TPSA) is 111 Å². The fraction of sp³-hybridized carbons (Fsp3) is 0.320. The summed E-state index contributed by atoms with van der Waals surface area (Å²) in [5.41, 5.74) is -0.0707. The van der Waals surface area contributed by atoms with Crippen molar-refractivity contribution in [2.24, 2.45) is 0 Å². The zero-order valence-corrected chi connectivity index (χ0v) is 20.6. The van der Waals surface area contributed by atoms with Gasteiger partial charge in [-0.3, -0.25) is 23.5 Å². The van der Waals surface area contributed by atoms with Crippen LogP contribution in [0.5, 0.6) is 6.01 Å². The second-order valence-electron chi connectivity index (χ2n) is 9.55. The Labute approximate surface area is 214 Å². The monoisotopic (exact) mass is 524 g/mol. The lowest BCUT2D eigenvalue weighted by Crippen LogP contribution is -2.60. The summed E-state index contributed by atoms with van der Waals surface area (Å²) >= 11 is 5.93. The van der Waals surface area contributed by atoms with Gasteiger partial charge in [0.2, 0.25) is 5.91 Å². The van der Waals surface area contributed by atoms with Crippen LogP contribution in [-0.4, -0.2) is 61.2 Å². The molecule has 0 aliphatic carbocycles. The number of aromatic nitrogens is 4. The Bertz CT molecular complexity index is 1640. The summed E-state index contributed by atoms with van der Waals surface area (Å²) in [5.74, 6) is -1.04. The van der Waals surface area contributed by atoms with E-state index in [1.807, 2.05) is 4.57 Å². The highest BCUT2D eigenvalue weighted by atomic mass is 35.5. The molecule has 0 atom stereocenters. The third-order valence-electron chi connectivity index (χ3n) is 6.64. The van der Waals surface area contributed by atoms with Crippen molar-refractivity contribution in [1.82, 2.24) is 29.3 Å². The van der Waals surface area contributed by atoms with Crippen molar-refractivity contribution in [2.45, 2.75) is 32.2 Å². The summed E-state index contributed by atoms with van der Waals surface area (Å²) in [6, 6.07) is 8.83. The van der Waals surface area contributed by atoms with Gasteiger partial charge in [-0.05, 0) is 30.7 Å². The van der Waals surface area contributed by atoms with Crippen LogP contribution in [0.3, 0.4) is 0 Å². The van der Waals surface area contributed by atoms with Crippen molar-refractivity contribution in [2.75, 3.05) is 19.7 Å². The Morgan fingerprint density at radius 1 is 1.24 bits per heavy atom. The Hall–Kier alpha value is -3.99. The van der Waals surface area contributed by atoms with E-state index < -0.39 is 23.0 Å². The van der Waals surface area contributed by atoms with Gasteiger partial charge in [-0.2, -0.15) is 4.98 Å². The zero-order chi connectivity index (χ0) is 25.9. The highest BCUT2D eigenvalue weighted by Gasteiger charge is 2.41. The number of rotatable bonds is 5. The maximum Gasteiger partial charge on any atom is 0.297 e. The smallest absolute Gasteiger partial charge is 0.297 e. The number of alkyl halides is 1. The predicted molar refractivity (Wildman–Crippen MR) is 134 cm³/mol. The van der Waals surface area contributed by atoms with E-state index in [9.17, 15) is 18.8 Å². The fourth-order valence-electron chi connectivity index (χ4n) is 4.77. The molecule has 37 heavy (non-hydrogen) atoms. The Morgan fingerprint density at radius 3 is 2.73 bits per heavy atom. The number of ether oxygens (including phenoxy) is 1. The maximum absolute atomic E-state index is 14.0. The third kappa shape index (κ3) is 4.08. The first-order chi connectivity index (χ1) is 17.7. The van der Waals surface area contributed by atoms with Crippen LogP contribution in [0.15, 0.2) is 41.3 Å². The summed E-state index contributed by atoms with van der Waals surface area (Å²) in [5, 5.41) is 3.76. The number of fused-ring (bicyclic) bond motifs is 5. The van der Waals surface area contributed by atoms with Crippen molar-refractivity contribution in [3.8, 4) is 6.01 Å². The Morgan fingerprint density at radius 2 is 2.00 bits per heavy atom. The maximum atomic E-state index is 14.0. The summed E-state index contributed by atoms with van der Waals surface area (Å²) in [7, 11) is 0. The van der Waals surface area contributed by atoms with Gasteiger partial charge in [0, 0.05) is 17.0 Å². The summed E-state index contributed by atoms with van der Waals surface area (Å²) in [4.78, 5) is 49.9. The molecule has 0 unspecified atom stereocenters. The van der Waals surface area contributed by atoms with Crippen molar-refractivity contribution >= 4 is 45.5 Å². The van der Waals surface area contributed by atoms with E-state index in [1.54, 1.807) is 30.5 Å². The van der Waals surface area contributed by atoms with Gasteiger partial charge in [-0.15, -0.1) is 0 Å². The van der Waals surface area contributed by atoms with Gasteiger partial charge >= 0.3 is 0 Å². The molecule has 3 aromatic heterocycles. The number of carbonyl (C=O) groups excluding carboxylic acids is 2. The molecule has 4 aromatic rings. The van der Waals surface area contributed by atoms with E-state index in [2.05, 4.69) is 15.3 Å². The quantitative estimate of drug-likeness (QED) is 0.429. The second-order valence-corrected chi connectivity index (χ2v) is 9.98. The highest BCUT2D eigenvalue weighted by molar-refractivity contribution is 6.30. The van der Waals surface area contributed by atoms with Gasteiger partial charge in [0.05, 0.1) is 31.3 Å². The number of hydrogen-bond acceptors (Lipinski definition) is 6. The molecule has 2 aliphatic rings. The molecule has 190 valence electrons. The summed E-state index contributed by atoms with van der Waals surface area (Å²) < 4.78 is 22.6. The van der Waals surface area contributed by atoms with Crippen molar-refractivity contribution in [3.05, 3.63) is 63.0 Å². The van der Waals surface area contributed by atoms with Crippen LogP contribution in [-0.2, 0) is 24.4 Å². The van der Waals surface area contributed by atoms with Crippen LogP contribution in [0.2, 0.25) is 5.02 Å². The van der Waals surface area contributed by atoms with Crippen LogP contribution in [0, 0.1) is 0 Å². The van der Waals surface area contributed by atoms with Gasteiger partial charge in [-0.25, -0.2) is 9.37 Å². The molecule has 0 bridgehead atoms. The lowest BCUT2D eigenvalue weighted by Gasteiger charge is -2.42. The number of amides is 2. The fourth-order valence-corrected chi connectivity index (χ4v) is 4.90. The zero-order valence-electron chi connectivity index (χ0n) is 19.8. The number of pyridine rings is 2. The van der Waals surface area contributed by atoms with Gasteiger partial charge in [0.25, 0.3) is 17.5 Å². The first-order valence-corrected chi connectivity index (χ1v) is 12.1. The predicted octanol–water partition coefficient (Wildman–Crippen LogP) is 2.29. The minimum absolute atomic E-state index is 0.0530. The molecule has 0 spiro atoms. The molecule has 6 rings (SSSR count). The molecule has 0 radical (unpaired) electrons. The average molecular weight is 525 g/mol. The van der Waals surface area contributed by atoms with E-state index in [0.29, 0.717) is 40.6 Å². The van der Waals surface area contributed by atoms with Crippen LogP contribution < -0.4 is 15.6 Å². The number of carbonyl (C=O) groups is 2. The van der Waals surface area contributed by atoms with Crippen molar-refractivity contribution in [3.63, 3.8) is 0 Å². The largest absolute Gasteiger partial charge is 0.463 e. The van der Waals surface area contributed by atoms with E-state index in [0.717, 1.165) is 10.1 Å². The Balaban J connectivity index is 1.42. The second kappa shape index (κ2) is 8.55. The van der Waals surface area contributed by atoms with Gasteiger partial charge in [0.15, 0.2) is 0 Å². The number of likely N-dealkylation sites (tertiary alicyclic amines) is 1. The molecule has 12 heteroatoms. The van der Waals surface area contributed by atoms with Crippen LogP contribution >= 0.6 is 11.6 Å². The van der Waals surface area contributed by atoms with Crippen LogP contribution in [0.25, 0.3) is 22.1 Å².